The zero-order valence-corrected chi connectivity index (χ0v) is 9.42. The Morgan fingerprint density at radius 1 is 1.41 bits per heavy atom. The van der Waals surface area contributed by atoms with Crippen LogP contribution in [0.5, 0.6) is 0 Å². The second-order valence-electron chi connectivity index (χ2n) is 3.62. The van der Waals surface area contributed by atoms with Gasteiger partial charge in [0, 0.05) is 0 Å². The van der Waals surface area contributed by atoms with Crippen LogP contribution in [0, 0.1) is 0 Å². The zero-order valence-electron chi connectivity index (χ0n) is 9.42. The van der Waals surface area contributed by atoms with Crippen molar-refractivity contribution in [3.05, 3.63) is 41.7 Å². The van der Waals surface area contributed by atoms with Crippen LogP contribution in [0.4, 0.5) is 5.69 Å². The molecule has 88 valence electrons. The third-order valence-corrected chi connectivity index (χ3v) is 2.54. The number of hydrogen-bond donors (Lipinski definition) is 2. The number of aromatic nitrogens is 2. The fourth-order valence-electron chi connectivity index (χ4n) is 1.70. The van der Waals surface area contributed by atoms with Crippen LogP contribution in [0.2, 0.25) is 0 Å². The Kier molecular flexibility index (Phi) is 2.82. The molecule has 0 saturated heterocycles. The minimum Gasteiger partial charge on any atom is -0.476 e. The number of rotatable bonds is 3. The summed E-state index contributed by atoms with van der Waals surface area (Å²) >= 11 is 0. The first-order valence-corrected chi connectivity index (χ1v) is 5.31. The van der Waals surface area contributed by atoms with Gasteiger partial charge in [-0.3, -0.25) is 0 Å². The first kappa shape index (κ1) is 11.2. The molecule has 0 amide bonds. The molecule has 3 N–H and O–H groups in total. The second-order valence-corrected chi connectivity index (χ2v) is 3.62. The second kappa shape index (κ2) is 4.29. The summed E-state index contributed by atoms with van der Waals surface area (Å²) in [6.45, 7) is 1.89. The molecule has 0 radical (unpaired) electrons. The molecule has 5 heteroatoms. The highest BCUT2D eigenvalue weighted by Crippen LogP contribution is 2.21. The van der Waals surface area contributed by atoms with Gasteiger partial charge in [0.05, 0.1) is 17.1 Å². The van der Waals surface area contributed by atoms with E-state index in [1.54, 1.807) is 12.1 Å². The lowest BCUT2D eigenvalue weighted by atomic mass is 10.2. The van der Waals surface area contributed by atoms with Crippen LogP contribution in [0.3, 0.4) is 0 Å². The number of nitrogen functional groups attached to an aromatic ring is 1. The highest BCUT2D eigenvalue weighted by Gasteiger charge is 2.20. The number of carboxylic acids is 1. The number of carboxylic acid groups (broad SMARTS) is 1. The van der Waals surface area contributed by atoms with Crippen molar-refractivity contribution in [3.63, 3.8) is 0 Å². The maximum Gasteiger partial charge on any atom is 0.356 e. The summed E-state index contributed by atoms with van der Waals surface area (Å²) in [5.74, 6) is -1.07. The summed E-state index contributed by atoms with van der Waals surface area (Å²) < 4.78 is 1.37. The third-order valence-electron chi connectivity index (χ3n) is 2.54. The van der Waals surface area contributed by atoms with Gasteiger partial charge in [-0.25, -0.2) is 9.48 Å². The van der Waals surface area contributed by atoms with E-state index in [2.05, 4.69) is 5.10 Å². The van der Waals surface area contributed by atoms with E-state index in [1.165, 1.54) is 4.68 Å². The van der Waals surface area contributed by atoms with Gasteiger partial charge < -0.3 is 10.8 Å². The average molecular weight is 231 g/mol. The standard InChI is InChI=1S/C12H13N3O2/c1-2-9-10(13)11(12(16)17)15(14-9)8-6-4-3-5-7-8/h3-7H,2,13H2,1H3,(H,16,17). The fourth-order valence-corrected chi connectivity index (χ4v) is 1.70. The molecule has 0 bridgehead atoms. The van der Waals surface area contributed by atoms with Crippen molar-refractivity contribution in [1.29, 1.82) is 0 Å². The Labute approximate surface area is 98.5 Å². The molecule has 0 saturated carbocycles. The van der Waals surface area contributed by atoms with Gasteiger partial charge in [-0.1, -0.05) is 25.1 Å². The number of benzene rings is 1. The predicted octanol–water partition coefficient (Wildman–Crippen LogP) is 1.72. The van der Waals surface area contributed by atoms with Crippen LogP contribution in [0.15, 0.2) is 30.3 Å². The molecular weight excluding hydrogens is 218 g/mol. The summed E-state index contributed by atoms with van der Waals surface area (Å²) in [5.41, 5.74) is 7.34. The highest BCUT2D eigenvalue weighted by molar-refractivity contribution is 5.93. The number of carbonyl (C=O) groups is 1. The van der Waals surface area contributed by atoms with Crippen LogP contribution >= 0.6 is 0 Å². The van der Waals surface area contributed by atoms with Crippen LogP contribution in [0.25, 0.3) is 5.69 Å². The number of aryl methyl sites for hydroxylation is 1. The molecule has 0 spiro atoms. The molecular formula is C12H13N3O2. The topological polar surface area (TPSA) is 81.1 Å². The number of aromatic carboxylic acids is 1. The van der Waals surface area contributed by atoms with Gasteiger partial charge >= 0.3 is 5.97 Å². The molecule has 0 fully saturated rings. The van der Waals surface area contributed by atoms with Crippen LogP contribution in [0.1, 0.15) is 23.1 Å². The summed E-state index contributed by atoms with van der Waals surface area (Å²) in [4.78, 5) is 11.2. The van der Waals surface area contributed by atoms with Gasteiger partial charge in [0.25, 0.3) is 0 Å². The number of para-hydroxylation sites is 1. The van der Waals surface area contributed by atoms with E-state index in [9.17, 15) is 9.90 Å². The Morgan fingerprint density at radius 3 is 2.59 bits per heavy atom. The quantitative estimate of drug-likeness (QED) is 0.842. The molecule has 1 aromatic heterocycles. The van der Waals surface area contributed by atoms with E-state index in [-0.39, 0.29) is 11.4 Å². The minimum absolute atomic E-state index is 0.0213. The smallest absolute Gasteiger partial charge is 0.356 e. The molecule has 0 atom stereocenters. The van der Waals surface area contributed by atoms with Crippen LogP contribution in [-0.4, -0.2) is 20.9 Å². The van der Waals surface area contributed by atoms with Crippen molar-refractivity contribution >= 4 is 11.7 Å². The van der Waals surface area contributed by atoms with Crippen LogP contribution < -0.4 is 5.73 Å². The van der Waals surface area contributed by atoms with Gasteiger partial charge in [-0.05, 0) is 18.6 Å². The Hall–Kier alpha value is -2.30. The Bertz CT molecular complexity index is 546. The van der Waals surface area contributed by atoms with Crippen molar-refractivity contribution in [2.24, 2.45) is 0 Å². The van der Waals surface area contributed by atoms with Gasteiger partial charge in [-0.15, -0.1) is 0 Å². The molecule has 17 heavy (non-hydrogen) atoms. The zero-order chi connectivity index (χ0) is 12.4. The maximum atomic E-state index is 11.2. The van der Waals surface area contributed by atoms with Gasteiger partial charge in [0.1, 0.15) is 0 Å². The molecule has 0 unspecified atom stereocenters. The number of anilines is 1. The van der Waals surface area contributed by atoms with Gasteiger partial charge in [-0.2, -0.15) is 5.10 Å². The lowest BCUT2D eigenvalue weighted by Gasteiger charge is -2.03. The van der Waals surface area contributed by atoms with E-state index in [1.807, 2.05) is 25.1 Å². The molecule has 5 nitrogen and oxygen atoms in total. The number of nitrogens with two attached hydrogens (primary N) is 1. The molecule has 0 aliphatic heterocycles. The van der Waals surface area contributed by atoms with Crippen LogP contribution in [-0.2, 0) is 6.42 Å². The molecule has 0 aliphatic carbocycles. The summed E-state index contributed by atoms with van der Waals surface area (Å²) in [6, 6.07) is 9.09. The highest BCUT2D eigenvalue weighted by atomic mass is 16.4. The molecule has 2 aromatic rings. The largest absolute Gasteiger partial charge is 0.476 e. The normalized spacial score (nSPS) is 10.4. The molecule has 1 aromatic carbocycles. The Morgan fingerprint density at radius 2 is 2.06 bits per heavy atom. The van der Waals surface area contributed by atoms with Gasteiger partial charge in [0.15, 0.2) is 5.69 Å². The average Bonchev–Trinajstić information content (AvgIpc) is 2.67. The monoisotopic (exact) mass is 231 g/mol. The molecule has 1 heterocycles. The summed E-state index contributed by atoms with van der Waals surface area (Å²) in [7, 11) is 0. The van der Waals surface area contributed by atoms with E-state index in [0.717, 1.165) is 0 Å². The van der Waals surface area contributed by atoms with E-state index >= 15 is 0 Å². The van der Waals surface area contributed by atoms with E-state index in [0.29, 0.717) is 17.8 Å². The first-order chi connectivity index (χ1) is 8.15. The lowest BCUT2D eigenvalue weighted by Crippen LogP contribution is -2.09. The van der Waals surface area contributed by atoms with Crippen molar-refractivity contribution in [1.82, 2.24) is 9.78 Å². The Balaban J connectivity index is 2.65. The summed E-state index contributed by atoms with van der Waals surface area (Å²) in [6.07, 6.45) is 0.603. The SMILES string of the molecule is CCc1nn(-c2ccccc2)c(C(=O)O)c1N. The first-order valence-electron chi connectivity index (χ1n) is 5.31. The van der Waals surface area contributed by atoms with Crippen molar-refractivity contribution in [2.75, 3.05) is 5.73 Å². The number of nitrogens with zero attached hydrogens (tertiary/aromatic N) is 2. The third kappa shape index (κ3) is 1.87. The fraction of sp³-hybridized carbons (Fsp3) is 0.167. The van der Waals surface area contributed by atoms with E-state index in [4.69, 9.17) is 5.73 Å². The maximum absolute atomic E-state index is 11.2. The predicted molar refractivity (Wildman–Crippen MR) is 64.3 cm³/mol. The van der Waals surface area contributed by atoms with E-state index < -0.39 is 5.97 Å². The molecule has 0 aliphatic rings. The van der Waals surface area contributed by atoms with Crippen molar-refractivity contribution in [2.45, 2.75) is 13.3 Å². The summed E-state index contributed by atoms with van der Waals surface area (Å²) in [5, 5.41) is 13.4. The molecule has 2 rings (SSSR count). The van der Waals surface area contributed by atoms with Gasteiger partial charge in [0.2, 0.25) is 0 Å². The van der Waals surface area contributed by atoms with Crippen molar-refractivity contribution < 1.29 is 9.90 Å². The number of hydrogen-bond acceptors (Lipinski definition) is 3. The minimum atomic E-state index is -1.07. The van der Waals surface area contributed by atoms with Crippen molar-refractivity contribution in [3.8, 4) is 5.69 Å². The lowest BCUT2D eigenvalue weighted by molar-refractivity contribution is 0.0688.